The van der Waals surface area contributed by atoms with Crippen molar-refractivity contribution in [3.8, 4) is 17.2 Å². The Balaban J connectivity index is 2.15. The van der Waals surface area contributed by atoms with E-state index in [-0.39, 0.29) is 36.4 Å². The molecule has 32 heavy (non-hydrogen) atoms. The highest BCUT2D eigenvalue weighted by molar-refractivity contribution is 9.10. The predicted molar refractivity (Wildman–Crippen MR) is 122 cm³/mol. The first-order chi connectivity index (χ1) is 15.5. The fourth-order valence-corrected chi connectivity index (χ4v) is 2.73. The number of allylic oxidation sites excluding steroid dienone is 1. The van der Waals surface area contributed by atoms with Gasteiger partial charge in [-0.15, -0.1) is 0 Å². The van der Waals surface area contributed by atoms with E-state index in [1.807, 2.05) is 24.3 Å². The molecule has 0 saturated carbocycles. The Hall–Kier alpha value is -2.43. The largest absolute Gasteiger partial charge is 0.507 e. The molecule has 0 aliphatic carbocycles. The maximum absolute atomic E-state index is 12.8. The van der Waals surface area contributed by atoms with E-state index >= 15 is 0 Å². The van der Waals surface area contributed by atoms with Gasteiger partial charge in [-0.3, -0.25) is 4.79 Å². The minimum absolute atomic E-state index is 0.00125. The van der Waals surface area contributed by atoms with Gasteiger partial charge in [0.25, 0.3) is 0 Å². The summed E-state index contributed by atoms with van der Waals surface area (Å²) >= 11 is 3.37. The lowest BCUT2D eigenvalue weighted by molar-refractivity contribution is -0.0119. The maximum atomic E-state index is 12.8. The van der Waals surface area contributed by atoms with Crippen molar-refractivity contribution in [2.75, 3.05) is 54.2 Å². The number of hydrogen-bond acceptors (Lipinski definition) is 8. The number of ether oxygens (including phenoxy) is 6. The van der Waals surface area contributed by atoms with Crippen molar-refractivity contribution >= 4 is 27.8 Å². The quantitative estimate of drug-likeness (QED) is 0.166. The number of phenols is 1. The molecular weight excluding hydrogens is 484 g/mol. The van der Waals surface area contributed by atoms with E-state index in [0.717, 1.165) is 10.0 Å². The molecule has 9 heteroatoms. The van der Waals surface area contributed by atoms with E-state index in [1.165, 1.54) is 18.2 Å². The molecule has 8 nitrogen and oxygen atoms in total. The van der Waals surface area contributed by atoms with Crippen LogP contribution < -0.4 is 9.47 Å². The van der Waals surface area contributed by atoms with Gasteiger partial charge in [-0.05, 0) is 23.8 Å². The second kappa shape index (κ2) is 14.6. The fraction of sp³-hybridized carbons (Fsp3) is 0.348. The number of ketones is 1. The van der Waals surface area contributed by atoms with Crippen molar-refractivity contribution < 1.29 is 38.3 Å². The molecule has 0 radical (unpaired) electrons. The van der Waals surface area contributed by atoms with Crippen molar-refractivity contribution in [2.24, 2.45) is 0 Å². The third-order valence-corrected chi connectivity index (χ3v) is 4.60. The summed E-state index contributed by atoms with van der Waals surface area (Å²) in [6.07, 6.45) is 3.02. The normalized spacial score (nSPS) is 11.1. The number of methoxy groups -OCH3 is 2. The van der Waals surface area contributed by atoms with Crippen LogP contribution in [0.15, 0.2) is 46.9 Å². The summed E-state index contributed by atoms with van der Waals surface area (Å²) in [5.41, 5.74) is 0.834. The number of phenolic OH excluding ortho intramolecular Hbond substituents is 1. The molecule has 0 fully saturated rings. The summed E-state index contributed by atoms with van der Waals surface area (Å²) in [5.74, 6) is -0.308. The van der Waals surface area contributed by atoms with Gasteiger partial charge in [0.1, 0.15) is 22.8 Å². The second-order valence-electron chi connectivity index (χ2n) is 6.39. The van der Waals surface area contributed by atoms with Crippen LogP contribution >= 0.6 is 15.9 Å². The van der Waals surface area contributed by atoms with Crippen molar-refractivity contribution in [3.05, 3.63) is 58.1 Å². The summed E-state index contributed by atoms with van der Waals surface area (Å²) in [5, 5.41) is 10.5. The Morgan fingerprint density at radius 2 is 1.56 bits per heavy atom. The van der Waals surface area contributed by atoms with Crippen LogP contribution in [0.4, 0.5) is 0 Å². The number of rotatable bonds is 15. The maximum Gasteiger partial charge on any atom is 0.193 e. The van der Waals surface area contributed by atoms with Gasteiger partial charge in [0.2, 0.25) is 0 Å². The first-order valence-corrected chi connectivity index (χ1v) is 10.6. The number of carbonyl (C=O) groups excluding carboxylic acids is 1. The molecule has 0 aromatic heterocycles. The molecule has 0 unspecified atom stereocenters. The van der Waals surface area contributed by atoms with Crippen molar-refractivity contribution in [1.82, 2.24) is 0 Å². The topological polar surface area (TPSA) is 92.7 Å². The summed E-state index contributed by atoms with van der Waals surface area (Å²) in [6.45, 7) is 1.32. The number of aromatic hydroxyl groups is 1. The molecular formula is C23H27BrO8. The molecule has 2 aromatic carbocycles. The lowest BCUT2D eigenvalue weighted by atomic mass is 10.1. The Kier molecular flexibility index (Phi) is 11.8. The zero-order valence-electron chi connectivity index (χ0n) is 18.0. The van der Waals surface area contributed by atoms with E-state index in [4.69, 9.17) is 28.4 Å². The molecule has 2 aromatic rings. The molecule has 0 bridgehead atoms. The van der Waals surface area contributed by atoms with Gasteiger partial charge >= 0.3 is 0 Å². The molecule has 0 heterocycles. The van der Waals surface area contributed by atoms with Crippen LogP contribution in [0.3, 0.4) is 0 Å². The predicted octanol–water partition coefficient (Wildman–Crippen LogP) is 4.05. The first-order valence-electron chi connectivity index (χ1n) is 9.79. The fourth-order valence-electron chi connectivity index (χ4n) is 2.47. The van der Waals surface area contributed by atoms with E-state index in [0.29, 0.717) is 26.4 Å². The third-order valence-electron chi connectivity index (χ3n) is 4.07. The van der Waals surface area contributed by atoms with Gasteiger partial charge < -0.3 is 33.5 Å². The van der Waals surface area contributed by atoms with Crippen LogP contribution in [0.5, 0.6) is 17.2 Å². The number of halogens is 1. The highest BCUT2D eigenvalue weighted by Crippen LogP contribution is 2.34. The monoisotopic (exact) mass is 510 g/mol. The molecule has 0 aliphatic heterocycles. The van der Waals surface area contributed by atoms with Crippen LogP contribution in [-0.2, 0) is 18.9 Å². The molecule has 0 aliphatic rings. The van der Waals surface area contributed by atoms with Crippen molar-refractivity contribution in [3.63, 3.8) is 0 Å². The van der Waals surface area contributed by atoms with Crippen LogP contribution in [0.25, 0.3) is 6.08 Å². The molecule has 0 atom stereocenters. The van der Waals surface area contributed by atoms with Gasteiger partial charge in [-0.2, -0.15) is 0 Å². The second-order valence-corrected chi connectivity index (χ2v) is 7.31. The summed E-state index contributed by atoms with van der Waals surface area (Å²) in [6, 6.07) is 10.3. The van der Waals surface area contributed by atoms with E-state index in [2.05, 4.69) is 15.9 Å². The Bertz CT molecular complexity index is 867. The summed E-state index contributed by atoms with van der Waals surface area (Å²) in [7, 11) is 3.13. The van der Waals surface area contributed by atoms with E-state index in [9.17, 15) is 9.90 Å². The van der Waals surface area contributed by atoms with Crippen LogP contribution in [0.2, 0.25) is 0 Å². The van der Waals surface area contributed by atoms with Gasteiger partial charge in [-0.1, -0.05) is 34.1 Å². The Morgan fingerprint density at radius 3 is 2.19 bits per heavy atom. The molecule has 174 valence electrons. The molecule has 0 saturated heterocycles. The number of carbonyl (C=O) groups is 1. The van der Waals surface area contributed by atoms with E-state index < -0.39 is 5.78 Å². The number of benzene rings is 2. The van der Waals surface area contributed by atoms with Crippen LogP contribution in [0, 0.1) is 0 Å². The average molecular weight is 511 g/mol. The zero-order chi connectivity index (χ0) is 23.2. The zero-order valence-corrected chi connectivity index (χ0v) is 19.6. The van der Waals surface area contributed by atoms with Crippen LogP contribution in [-0.4, -0.2) is 65.1 Å². The van der Waals surface area contributed by atoms with Gasteiger partial charge in [0.05, 0.1) is 26.4 Å². The highest BCUT2D eigenvalue weighted by Gasteiger charge is 2.18. The summed E-state index contributed by atoms with van der Waals surface area (Å²) < 4.78 is 32.4. The molecule has 2 rings (SSSR count). The van der Waals surface area contributed by atoms with Crippen molar-refractivity contribution in [2.45, 2.75) is 0 Å². The lowest BCUT2D eigenvalue weighted by Crippen LogP contribution is -2.11. The number of hydrogen-bond donors (Lipinski definition) is 1. The van der Waals surface area contributed by atoms with Gasteiger partial charge in [0.15, 0.2) is 19.4 Å². The standard InChI is InChI=1S/C23H27BrO8/c1-27-9-11-29-15-31-19-13-21(26)23(22(14-19)32-16-30-12-10-28-2)20(25)8-5-17-3-6-18(24)7-4-17/h3-8,13-14,26H,9-12,15-16H2,1-2H3. The van der Waals surface area contributed by atoms with Gasteiger partial charge in [-0.25, -0.2) is 0 Å². The molecule has 1 N–H and O–H groups in total. The lowest BCUT2D eigenvalue weighted by Gasteiger charge is -2.14. The Morgan fingerprint density at radius 1 is 0.938 bits per heavy atom. The van der Waals surface area contributed by atoms with E-state index in [1.54, 1.807) is 20.3 Å². The van der Waals surface area contributed by atoms with Gasteiger partial charge in [0, 0.05) is 30.8 Å². The minimum Gasteiger partial charge on any atom is -0.507 e. The SMILES string of the molecule is COCCOCOc1cc(O)c(C(=O)C=Cc2ccc(Br)cc2)c(OCOCCOC)c1. The minimum atomic E-state index is -0.430. The van der Waals surface area contributed by atoms with Crippen molar-refractivity contribution in [1.29, 1.82) is 0 Å². The molecule has 0 spiro atoms. The summed E-state index contributed by atoms with van der Waals surface area (Å²) in [4.78, 5) is 12.8. The first kappa shape index (κ1) is 25.8. The highest BCUT2D eigenvalue weighted by atomic mass is 79.9. The van der Waals surface area contributed by atoms with Crippen LogP contribution in [0.1, 0.15) is 15.9 Å². The molecule has 0 amide bonds. The average Bonchev–Trinajstić information content (AvgIpc) is 2.78. The smallest absolute Gasteiger partial charge is 0.193 e. The third kappa shape index (κ3) is 8.97. The Labute approximate surface area is 195 Å².